The average Bonchev–Trinajstić information content (AvgIpc) is 1.62. The number of alkyl halides is 9. The zero-order chi connectivity index (χ0) is 86.9. The van der Waals surface area contributed by atoms with Crippen molar-refractivity contribution in [2.75, 3.05) is 122 Å². The van der Waals surface area contributed by atoms with Gasteiger partial charge in [0.25, 0.3) is 0 Å². The first kappa shape index (κ1) is 85.5. The molecule has 0 spiro atoms. The number of pyridine rings is 3. The normalized spacial score (nSPS) is 15.5. The minimum absolute atomic E-state index is 0.110. The number of urea groups is 3. The minimum Gasteiger partial charge on any atom is -0.382 e. The summed E-state index contributed by atoms with van der Waals surface area (Å²) in [5.74, 6) is 2.49. The number of fused-ring (bicyclic) bond motifs is 3. The van der Waals surface area contributed by atoms with Gasteiger partial charge in [-0.1, -0.05) is 68.4 Å². The summed E-state index contributed by atoms with van der Waals surface area (Å²) in [5, 5.41) is 31.5. The molecule has 35 heteroatoms. The fraction of sp³-hybridized carbons (Fsp3) is 0.352. The first-order valence-corrected chi connectivity index (χ1v) is 40.8. The van der Waals surface area contributed by atoms with Crippen molar-refractivity contribution in [3.63, 3.8) is 0 Å². The summed E-state index contributed by atoms with van der Waals surface area (Å²) in [5.41, 5.74) is 30.5. The number of aromatic nitrogens is 9. The second-order valence-electron chi connectivity index (χ2n) is 31.7. The second-order valence-corrected chi connectivity index (χ2v) is 31.7. The monoisotopic (exact) mass is 1690 g/mol. The van der Waals surface area contributed by atoms with Crippen LogP contribution in [0.2, 0.25) is 0 Å². The highest BCUT2D eigenvalue weighted by atomic mass is 19.4. The molecule has 0 bridgehead atoms. The third-order valence-electron chi connectivity index (χ3n) is 22.7. The Kier molecular flexibility index (Phi) is 24.7. The molecule has 0 atom stereocenters. The number of piperazine rings is 1. The highest BCUT2D eigenvalue weighted by molar-refractivity contribution is 6.06. The molecule has 0 radical (unpaired) electrons. The Labute approximate surface area is 702 Å². The average molecular weight is 1700 g/mol. The van der Waals surface area contributed by atoms with Crippen molar-refractivity contribution in [3.8, 4) is 33.4 Å². The van der Waals surface area contributed by atoms with Crippen LogP contribution in [-0.2, 0) is 64.0 Å². The Bertz CT molecular complexity index is 5880. The fourth-order valence-electron chi connectivity index (χ4n) is 15.3. The maximum absolute atomic E-state index is 13.5. The molecular weight excluding hydrogens is 1600 g/mol. The zero-order valence-electron chi connectivity index (χ0n) is 68.6. The Morgan fingerprint density at radius 1 is 0.407 bits per heavy atom. The maximum atomic E-state index is 13.5. The number of rotatable bonds is 20. The van der Waals surface area contributed by atoms with Crippen molar-refractivity contribution < 1.29 is 58.6 Å². The summed E-state index contributed by atoms with van der Waals surface area (Å²) in [6, 6.07) is 36.3. The first-order chi connectivity index (χ1) is 58.8. The van der Waals surface area contributed by atoms with E-state index < -0.39 is 53.3 Å². The molecule has 6 aromatic carbocycles. The zero-order valence-corrected chi connectivity index (χ0v) is 68.6. The molecule has 2 saturated heterocycles. The smallest absolute Gasteiger partial charge is 0.382 e. The molecule has 17 rings (SSSR count). The number of nitrogens with two attached hydrogens (primary N) is 3. The Morgan fingerprint density at radius 3 is 1.01 bits per heavy atom. The molecular formula is C88H95F9N22O4. The predicted molar refractivity (Wildman–Crippen MR) is 459 cm³/mol. The van der Waals surface area contributed by atoms with E-state index in [2.05, 4.69) is 85.0 Å². The fourth-order valence-corrected chi connectivity index (χ4v) is 15.3. The molecule has 26 nitrogen and oxygen atoms in total. The molecule has 5 aliphatic rings. The Morgan fingerprint density at radius 2 is 0.707 bits per heavy atom. The van der Waals surface area contributed by atoms with Gasteiger partial charge in [0.05, 0.1) is 46.1 Å². The number of amides is 6. The van der Waals surface area contributed by atoms with Crippen LogP contribution in [0.1, 0.15) is 121 Å². The molecule has 12 N–H and O–H groups in total. The van der Waals surface area contributed by atoms with Crippen molar-refractivity contribution in [3.05, 3.63) is 196 Å². The van der Waals surface area contributed by atoms with Gasteiger partial charge in [0.2, 0.25) is 0 Å². The summed E-state index contributed by atoms with van der Waals surface area (Å²) in [4.78, 5) is 61.6. The van der Waals surface area contributed by atoms with Gasteiger partial charge in [-0.15, -0.1) is 0 Å². The lowest BCUT2D eigenvalue weighted by Gasteiger charge is -2.32. The van der Waals surface area contributed by atoms with E-state index in [4.69, 9.17) is 36.9 Å². The molecule has 3 saturated carbocycles. The van der Waals surface area contributed by atoms with Crippen molar-refractivity contribution in [1.82, 2.24) is 63.9 Å². The molecule has 12 aromatic rings. The number of nitrogens with zero attached hydrogens (tertiary/aromatic N) is 13. The lowest BCUT2D eigenvalue weighted by molar-refractivity contribution is -0.138. The van der Waals surface area contributed by atoms with Gasteiger partial charge in [-0.25, -0.2) is 43.4 Å². The third-order valence-corrected chi connectivity index (χ3v) is 22.7. The summed E-state index contributed by atoms with van der Waals surface area (Å²) in [7, 11) is 7.49. The van der Waals surface area contributed by atoms with E-state index in [9.17, 15) is 53.9 Å². The van der Waals surface area contributed by atoms with Crippen molar-refractivity contribution in [2.45, 2.75) is 108 Å². The number of ether oxygens (including phenoxy) is 1. The third kappa shape index (κ3) is 20.4. The lowest BCUT2D eigenvalue weighted by Crippen LogP contribution is -2.44. The number of hydrogen-bond donors (Lipinski definition) is 9. The molecule has 6 aromatic heterocycles. The topological polar surface area (TPSA) is 316 Å². The van der Waals surface area contributed by atoms with Crippen LogP contribution in [0.25, 0.3) is 66.5 Å². The van der Waals surface area contributed by atoms with Gasteiger partial charge < -0.3 is 58.7 Å². The quantitative estimate of drug-likeness (QED) is 0.0320. The van der Waals surface area contributed by atoms with E-state index in [1.807, 2.05) is 78.4 Å². The minimum atomic E-state index is -4.53. The van der Waals surface area contributed by atoms with Gasteiger partial charge in [0.15, 0.2) is 34.4 Å². The number of morpholine rings is 1. The molecule has 3 aliphatic carbocycles. The number of nitrogen functional groups attached to an aromatic ring is 3. The second kappa shape index (κ2) is 35.6. The van der Waals surface area contributed by atoms with Crippen LogP contribution in [0.3, 0.4) is 0 Å². The van der Waals surface area contributed by atoms with Crippen LogP contribution >= 0.6 is 0 Å². The first-order valence-electron chi connectivity index (χ1n) is 40.8. The molecule has 2 aliphatic heterocycles. The van der Waals surface area contributed by atoms with Gasteiger partial charge in [-0.3, -0.25) is 14.7 Å². The summed E-state index contributed by atoms with van der Waals surface area (Å²) in [6.45, 7) is 12.4. The van der Waals surface area contributed by atoms with Gasteiger partial charge in [0.1, 0.15) is 0 Å². The number of anilines is 9. The summed E-state index contributed by atoms with van der Waals surface area (Å²) >= 11 is 0. The van der Waals surface area contributed by atoms with E-state index in [1.54, 1.807) is 50.4 Å². The van der Waals surface area contributed by atoms with E-state index in [0.717, 1.165) is 198 Å². The number of likely N-dealkylation sites (N-methyl/N-ethyl adjacent to an activating group) is 1. The van der Waals surface area contributed by atoms with E-state index in [1.165, 1.54) is 18.2 Å². The Balaban J connectivity index is 0.000000143. The van der Waals surface area contributed by atoms with E-state index in [0.29, 0.717) is 115 Å². The number of halogens is 9. The van der Waals surface area contributed by atoms with Crippen molar-refractivity contribution in [2.24, 2.45) is 21.1 Å². The van der Waals surface area contributed by atoms with Crippen molar-refractivity contribution >= 4 is 103 Å². The maximum Gasteiger partial charge on any atom is 0.416 e. The van der Waals surface area contributed by atoms with E-state index in [-0.39, 0.29) is 17.1 Å². The number of benzene rings is 6. The highest BCUT2D eigenvalue weighted by Gasteiger charge is 2.36. The van der Waals surface area contributed by atoms with Gasteiger partial charge >= 0.3 is 36.6 Å². The van der Waals surface area contributed by atoms with Gasteiger partial charge in [-0.2, -0.15) is 54.8 Å². The highest BCUT2D eigenvalue weighted by Crippen LogP contribution is 2.47. The van der Waals surface area contributed by atoms with Crippen LogP contribution in [0.15, 0.2) is 146 Å². The van der Waals surface area contributed by atoms with Crippen LogP contribution in [0.4, 0.5) is 105 Å². The summed E-state index contributed by atoms with van der Waals surface area (Å²) in [6.07, 6.45) is -6.96. The van der Waals surface area contributed by atoms with Crippen LogP contribution < -0.4 is 49.1 Å². The number of hydrogen-bond acceptors (Lipinski definition) is 17. The van der Waals surface area contributed by atoms with Gasteiger partial charge in [0, 0.05) is 149 Å². The number of carbonyl (C=O) groups excluding carboxylic acids is 3. The van der Waals surface area contributed by atoms with Crippen molar-refractivity contribution in [1.29, 1.82) is 0 Å². The molecule has 5 fully saturated rings. The molecule has 123 heavy (non-hydrogen) atoms. The van der Waals surface area contributed by atoms with Crippen LogP contribution in [0.5, 0.6) is 0 Å². The Hall–Kier alpha value is -12.4. The summed E-state index contributed by atoms with van der Waals surface area (Å²) < 4.78 is 131. The lowest BCUT2D eigenvalue weighted by atomic mass is 10.0. The number of carbonyl (C=O) groups is 3. The molecule has 0 unspecified atom stereocenters. The predicted octanol–water partition coefficient (Wildman–Crippen LogP) is 17.7. The largest absolute Gasteiger partial charge is 0.416 e. The molecule has 6 amide bonds. The number of aryl methyl sites for hydroxylation is 3. The molecule has 644 valence electrons. The SMILES string of the molecule is CCN(CC)Cc1ccc(C(F)(F)F)cc1NC(=O)Nc1ccc(-c2cc(C3CC3)nc3c2c(N)nn3C)cc1.CN1CCN(Cc2ccc(C(F)(F)F)cc2NC(=O)Nc2ccc(-c3cc(C4CC4)nc4c3c(N)nn4C)cc2)CC1.Cn1nc(N)c2c(-c3ccc(NC(=O)Nc4cc(C(F)(F)F)ccc4CN4CCOCC4)cc3)cc(C3CC3)nc21. The number of nitrogens with one attached hydrogen (secondary N) is 6. The standard InChI is InChI=1S/C30H33F3N8O.C29H30F3N7O2.C29H32F3N7O/c1-39-11-13-41(14-12-39)17-20-5-8-21(30(31,32)33)15-24(20)37-29(42)35-22-9-6-18(7-10-22)23-16-25(19-3-4-19)36-28-26(23)27(34)38-40(28)2;1-38-27-25(26(33)37-38)22(15-24(35-27)18-2-3-18)17-5-8-21(9-6-17)34-28(40)36-23-14-20(29(30,31)32)7-4-19(23)16-39-10-12-41-13-11-39;1-4-39(5-2)16-19-8-11-20(29(30,31)32)14-23(19)36-28(40)34-21-12-9-17(10-13-21)22-15-24(18-6-7-18)35-27-25(22)26(33)37-38(27)3/h5-10,15-16,19H,3-4,11-14,17H2,1-2H3,(H2,34,38)(H2,35,37,42);4-9,14-15,18H,2-3,10-13,16H2,1H3,(H2,33,37)(H2,34,36,40);8-15,18H,4-7,16H2,1-3H3,(H2,33,37)(H2,34,36,40). The molecule has 8 heterocycles. The van der Waals surface area contributed by atoms with Gasteiger partial charge in [-0.05, 0) is 200 Å². The van der Waals surface area contributed by atoms with Crippen LogP contribution in [0, 0.1) is 0 Å². The van der Waals surface area contributed by atoms with Crippen LogP contribution in [-0.4, -0.2) is 155 Å². The van der Waals surface area contributed by atoms with E-state index >= 15 is 0 Å².